The van der Waals surface area contributed by atoms with Gasteiger partial charge in [-0.05, 0) is 68.4 Å². The Bertz CT molecular complexity index is 1070. The molecular weight excluding hydrogens is 560 g/mol. The van der Waals surface area contributed by atoms with Crippen LogP contribution in [0.1, 0.15) is 0 Å². The minimum absolute atomic E-state index is 0.0705. The summed E-state index contributed by atoms with van der Waals surface area (Å²) >= 11 is 4.37. The topological polar surface area (TPSA) is 22.0 Å². The standard InChI is InChI=1S/C23H15I2NO/c24-19-21(16-10-4-1-5-11-16)26(18-14-8-3-9-15-18)22(20(25)23(19)27)17-12-6-2-7-13-17/h1-15H. The third kappa shape index (κ3) is 3.48. The van der Waals surface area contributed by atoms with E-state index in [2.05, 4.69) is 86.1 Å². The summed E-state index contributed by atoms with van der Waals surface area (Å²) in [7, 11) is 0. The first kappa shape index (κ1) is 18.4. The Morgan fingerprint density at radius 2 is 0.926 bits per heavy atom. The van der Waals surface area contributed by atoms with Gasteiger partial charge in [0.15, 0.2) is 0 Å². The predicted molar refractivity (Wildman–Crippen MR) is 128 cm³/mol. The molecule has 0 N–H and O–H groups in total. The molecular formula is C23H15I2NO. The normalized spacial score (nSPS) is 10.7. The summed E-state index contributed by atoms with van der Waals surface area (Å²) < 4.78 is 3.66. The van der Waals surface area contributed by atoms with Gasteiger partial charge < -0.3 is 4.57 Å². The Labute approximate surface area is 185 Å². The van der Waals surface area contributed by atoms with Crippen LogP contribution in [0.5, 0.6) is 0 Å². The zero-order valence-corrected chi connectivity index (χ0v) is 18.6. The van der Waals surface area contributed by atoms with E-state index in [1.54, 1.807) is 0 Å². The van der Waals surface area contributed by atoms with Crippen molar-refractivity contribution in [2.24, 2.45) is 0 Å². The van der Waals surface area contributed by atoms with Crippen LogP contribution in [-0.4, -0.2) is 4.57 Å². The van der Waals surface area contributed by atoms with Gasteiger partial charge in [0.1, 0.15) is 0 Å². The van der Waals surface area contributed by atoms with Gasteiger partial charge in [0, 0.05) is 5.69 Å². The molecule has 27 heavy (non-hydrogen) atoms. The molecule has 0 spiro atoms. The largest absolute Gasteiger partial charge is 0.307 e. The Kier molecular flexibility index (Phi) is 5.45. The molecule has 0 amide bonds. The number of halogens is 2. The molecule has 132 valence electrons. The molecule has 0 bridgehead atoms. The maximum absolute atomic E-state index is 13.1. The SMILES string of the molecule is O=c1c(I)c(-c2ccccc2)n(-c2ccccc2)c(-c2ccccc2)c1I. The first-order chi connectivity index (χ1) is 13.2. The summed E-state index contributed by atoms with van der Waals surface area (Å²) in [4.78, 5) is 13.1. The van der Waals surface area contributed by atoms with Gasteiger partial charge in [-0.15, -0.1) is 0 Å². The number of nitrogens with zero attached hydrogens (tertiary/aromatic N) is 1. The van der Waals surface area contributed by atoms with Crippen LogP contribution in [-0.2, 0) is 0 Å². The Hall–Kier alpha value is -1.93. The predicted octanol–water partition coefficient (Wildman–Crippen LogP) is 6.38. The molecule has 3 aromatic carbocycles. The molecule has 2 nitrogen and oxygen atoms in total. The van der Waals surface area contributed by atoms with Gasteiger partial charge in [-0.2, -0.15) is 0 Å². The number of hydrogen-bond acceptors (Lipinski definition) is 1. The summed E-state index contributed by atoms with van der Waals surface area (Å²) in [6, 6.07) is 30.4. The van der Waals surface area contributed by atoms with Gasteiger partial charge in [0.2, 0.25) is 5.43 Å². The summed E-state index contributed by atoms with van der Waals surface area (Å²) in [6.07, 6.45) is 0. The van der Waals surface area contributed by atoms with E-state index < -0.39 is 0 Å². The number of pyridine rings is 1. The van der Waals surface area contributed by atoms with Crippen LogP contribution in [0, 0.1) is 7.14 Å². The molecule has 1 heterocycles. The fraction of sp³-hybridized carbons (Fsp3) is 0. The highest BCUT2D eigenvalue weighted by atomic mass is 127. The molecule has 0 aliphatic rings. The van der Waals surface area contributed by atoms with Crippen molar-refractivity contribution in [3.63, 3.8) is 0 Å². The third-order valence-electron chi connectivity index (χ3n) is 4.37. The molecule has 0 fully saturated rings. The van der Waals surface area contributed by atoms with Crippen LogP contribution in [0.4, 0.5) is 0 Å². The van der Waals surface area contributed by atoms with Gasteiger partial charge in [-0.1, -0.05) is 78.9 Å². The monoisotopic (exact) mass is 575 g/mol. The molecule has 1 aromatic heterocycles. The van der Waals surface area contributed by atoms with Crippen molar-refractivity contribution < 1.29 is 0 Å². The molecule has 4 rings (SSSR count). The Balaban J connectivity index is 2.20. The molecule has 0 aliphatic carbocycles. The molecule has 4 heteroatoms. The van der Waals surface area contributed by atoms with Crippen LogP contribution in [0.25, 0.3) is 28.2 Å². The van der Waals surface area contributed by atoms with Gasteiger partial charge >= 0.3 is 0 Å². The lowest BCUT2D eigenvalue weighted by atomic mass is 10.1. The molecule has 0 radical (unpaired) electrons. The first-order valence-electron chi connectivity index (χ1n) is 8.48. The quantitative estimate of drug-likeness (QED) is 0.260. The molecule has 0 unspecified atom stereocenters. The van der Waals surface area contributed by atoms with Crippen LogP contribution in [0.15, 0.2) is 95.8 Å². The van der Waals surface area contributed by atoms with Crippen molar-refractivity contribution in [1.82, 2.24) is 4.57 Å². The van der Waals surface area contributed by atoms with Crippen LogP contribution in [0.3, 0.4) is 0 Å². The molecule has 0 aliphatic heterocycles. The van der Waals surface area contributed by atoms with Crippen molar-refractivity contribution in [3.8, 4) is 28.2 Å². The van der Waals surface area contributed by atoms with Crippen LogP contribution >= 0.6 is 45.2 Å². The van der Waals surface area contributed by atoms with E-state index in [1.807, 2.05) is 54.6 Å². The van der Waals surface area contributed by atoms with E-state index >= 15 is 0 Å². The molecule has 0 saturated carbocycles. The highest BCUT2D eigenvalue weighted by molar-refractivity contribution is 14.1. The van der Waals surface area contributed by atoms with Crippen LogP contribution in [0.2, 0.25) is 0 Å². The van der Waals surface area contributed by atoms with Crippen molar-refractivity contribution in [2.45, 2.75) is 0 Å². The molecule has 0 saturated heterocycles. The lowest BCUT2D eigenvalue weighted by Crippen LogP contribution is -2.20. The summed E-state index contributed by atoms with van der Waals surface area (Å²) in [5, 5.41) is 0. The number of benzene rings is 3. The molecule has 0 atom stereocenters. The summed E-state index contributed by atoms with van der Waals surface area (Å²) in [5.74, 6) is 0. The number of para-hydroxylation sites is 1. The van der Waals surface area contributed by atoms with Crippen molar-refractivity contribution in [1.29, 1.82) is 0 Å². The highest BCUT2D eigenvalue weighted by Gasteiger charge is 2.22. The van der Waals surface area contributed by atoms with Gasteiger partial charge in [-0.3, -0.25) is 4.79 Å². The fourth-order valence-corrected chi connectivity index (χ4v) is 5.32. The van der Waals surface area contributed by atoms with E-state index in [0.29, 0.717) is 0 Å². The van der Waals surface area contributed by atoms with Crippen molar-refractivity contribution in [2.75, 3.05) is 0 Å². The average molecular weight is 575 g/mol. The van der Waals surface area contributed by atoms with Crippen molar-refractivity contribution in [3.05, 3.63) is 108 Å². The average Bonchev–Trinajstić information content (AvgIpc) is 2.73. The number of rotatable bonds is 3. The lowest BCUT2D eigenvalue weighted by Gasteiger charge is -2.22. The second-order valence-corrected chi connectivity index (χ2v) is 8.21. The Morgan fingerprint density at radius 1 is 0.556 bits per heavy atom. The maximum Gasteiger partial charge on any atom is 0.209 e. The summed E-state index contributed by atoms with van der Waals surface area (Å²) in [6.45, 7) is 0. The smallest absolute Gasteiger partial charge is 0.209 e. The van der Waals surface area contributed by atoms with Gasteiger partial charge in [-0.25, -0.2) is 0 Å². The van der Waals surface area contributed by atoms with E-state index in [1.165, 1.54) is 0 Å². The lowest BCUT2D eigenvalue weighted by molar-refractivity contribution is 1.04. The van der Waals surface area contributed by atoms with Crippen molar-refractivity contribution >= 4 is 45.2 Å². The highest BCUT2D eigenvalue weighted by Crippen LogP contribution is 2.34. The molecule has 4 aromatic rings. The van der Waals surface area contributed by atoms with Gasteiger partial charge in [0.05, 0.1) is 18.5 Å². The number of aromatic nitrogens is 1. The van der Waals surface area contributed by atoms with E-state index in [-0.39, 0.29) is 5.43 Å². The second-order valence-electron chi connectivity index (χ2n) is 6.06. The third-order valence-corrected chi connectivity index (χ3v) is 6.37. The second kappa shape index (κ2) is 7.98. The Morgan fingerprint density at radius 3 is 1.33 bits per heavy atom. The maximum atomic E-state index is 13.1. The van der Waals surface area contributed by atoms with Gasteiger partial charge in [0.25, 0.3) is 0 Å². The fourth-order valence-electron chi connectivity index (χ4n) is 3.16. The zero-order chi connectivity index (χ0) is 18.8. The minimum atomic E-state index is 0.0705. The first-order valence-corrected chi connectivity index (χ1v) is 10.6. The summed E-state index contributed by atoms with van der Waals surface area (Å²) in [5.41, 5.74) is 5.00. The van der Waals surface area contributed by atoms with E-state index in [0.717, 1.165) is 35.3 Å². The zero-order valence-electron chi connectivity index (χ0n) is 14.3. The van der Waals surface area contributed by atoms with Crippen LogP contribution < -0.4 is 5.43 Å². The van der Waals surface area contributed by atoms with E-state index in [4.69, 9.17) is 0 Å². The minimum Gasteiger partial charge on any atom is -0.307 e. The van der Waals surface area contributed by atoms with E-state index in [9.17, 15) is 4.79 Å². The number of hydrogen-bond donors (Lipinski definition) is 0.